The van der Waals surface area contributed by atoms with Gasteiger partial charge in [-0.3, -0.25) is 4.79 Å². The normalized spacial score (nSPS) is 11.9. The van der Waals surface area contributed by atoms with Crippen LogP contribution in [0.4, 0.5) is 5.69 Å². The van der Waals surface area contributed by atoms with Crippen molar-refractivity contribution in [3.8, 4) is 11.4 Å². The molecule has 1 unspecified atom stereocenters. The number of carbonyl (C=O) groups excluding carboxylic acids is 1. The highest BCUT2D eigenvalue weighted by molar-refractivity contribution is 8.00. The molecule has 1 heterocycles. The van der Waals surface area contributed by atoms with E-state index < -0.39 is 0 Å². The Kier molecular flexibility index (Phi) is 5.75. The first-order chi connectivity index (χ1) is 13.0. The van der Waals surface area contributed by atoms with Crippen LogP contribution in [-0.4, -0.2) is 38.5 Å². The van der Waals surface area contributed by atoms with E-state index in [2.05, 4.69) is 20.8 Å². The van der Waals surface area contributed by atoms with E-state index in [9.17, 15) is 4.79 Å². The number of hydrogen-bond donors (Lipinski definition) is 1. The van der Waals surface area contributed by atoms with Gasteiger partial charge in [0.1, 0.15) is 5.75 Å². The number of carbonyl (C=O) groups is 1. The second-order valence-corrected chi connectivity index (χ2v) is 7.43. The maximum absolute atomic E-state index is 12.5. The Morgan fingerprint density at radius 3 is 2.56 bits per heavy atom. The highest BCUT2D eigenvalue weighted by Crippen LogP contribution is 2.25. The molecule has 0 radical (unpaired) electrons. The molecule has 0 fully saturated rings. The molecule has 3 aromatic rings. The summed E-state index contributed by atoms with van der Waals surface area (Å²) in [5, 5.41) is 14.9. The second-order valence-electron chi connectivity index (χ2n) is 6.12. The summed E-state index contributed by atoms with van der Waals surface area (Å²) in [4.78, 5) is 12.5. The zero-order valence-corrected chi connectivity index (χ0v) is 16.4. The molecule has 27 heavy (non-hydrogen) atoms. The molecule has 0 bridgehead atoms. The summed E-state index contributed by atoms with van der Waals surface area (Å²) in [6.07, 6.45) is 0. The monoisotopic (exact) mass is 383 g/mol. The van der Waals surface area contributed by atoms with Gasteiger partial charge in [-0.2, -0.15) is 4.68 Å². The molecule has 1 atom stereocenters. The van der Waals surface area contributed by atoms with E-state index in [4.69, 9.17) is 4.74 Å². The predicted molar refractivity (Wildman–Crippen MR) is 106 cm³/mol. The number of ether oxygens (including phenoxy) is 1. The number of tetrazole rings is 1. The molecule has 8 heteroatoms. The number of aryl methyl sites for hydroxylation is 2. The Labute approximate surface area is 162 Å². The van der Waals surface area contributed by atoms with Crippen molar-refractivity contribution in [3.05, 3.63) is 53.6 Å². The molecule has 0 saturated carbocycles. The van der Waals surface area contributed by atoms with Crippen molar-refractivity contribution in [2.75, 3.05) is 12.4 Å². The van der Waals surface area contributed by atoms with Crippen LogP contribution < -0.4 is 10.1 Å². The summed E-state index contributed by atoms with van der Waals surface area (Å²) in [5.41, 5.74) is 3.90. The van der Waals surface area contributed by atoms with Crippen LogP contribution in [-0.2, 0) is 4.79 Å². The van der Waals surface area contributed by atoms with E-state index in [0.717, 1.165) is 22.7 Å². The van der Waals surface area contributed by atoms with E-state index in [1.165, 1.54) is 17.3 Å². The van der Waals surface area contributed by atoms with Crippen LogP contribution in [0.2, 0.25) is 0 Å². The van der Waals surface area contributed by atoms with Crippen molar-refractivity contribution < 1.29 is 9.53 Å². The molecule has 0 aliphatic carbocycles. The molecule has 7 nitrogen and oxygen atoms in total. The number of benzene rings is 2. The van der Waals surface area contributed by atoms with Gasteiger partial charge in [0.2, 0.25) is 11.1 Å². The Hall–Kier alpha value is -2.87. The predicted octanol–water partition coefficient (Wildman–Crippen LogP) is 3.41. The number of rotatable bonds is 6. The van der Waals surface area contributed by atoms with Gasteiger partial charge in [0.05, 0.1) is 18.0 Å². The van der Waals surface area contributed by atoms with Gasteiger partial charge in [0, 0.05) is 5.69 Å². The molecule has 0 saturated heterocycles. The van der Waals surface area contributed by atoms with Gasteiger partial charge in [-0.15, -0.1) is 5.10 Å². The molecule has 0 aliphatic heterocycles. The topological polar surface area (TPSA) is 81.9 Å². The summed E-state index contributed by atoms with van der Waals surface area (Å²) in [6, 6.07) is 13.2. The van der Waals surface area contributed by atoms with Gasteiger partial charge in [-0.05, 0) is 78.7 Å². The fourth-order valence-electron chi connectivity index (χ4n) is 2.41. The average molecular weight is 383 g/mol. The summed E-state index contributed by atoms with van der Waals surface area (Å²) >= 11 is 1.30. The van der Waals surface area contributed by atoms with Crippen LogP contribution in [0.15, 0.2) is 47.6 Å². The van der Waals surface area contributed by atoms with Gasteiger partial charge in [0.15, 0.2) is 0 Å². The van der Waals surface area contributed by atoms with Crippen molar-refractivity contribution in [2.24, 2.45) is 0 Å². The van der Waals surface area contributed by atoms with E-state index in [-0.39, 0.29) is 11.2 Å². The van der Waals surface area contributed by atoms with Crippen molar-refractivity contribution in [1.82, 2.24) is 20.2 Å². The fourth-order valence-corrected chi connectivity index (χ4v) is 3.22. The lowest BCUT2D eigenvalue weighted by Gasteiger charge is -2.13. The highest BCUT2D eigenvalue weighted by Gasteiger charge is 2.19. The first kappa shape index (κ1) is 18.9. The summed E-state index contributed by atoms with van der Waals surface area (Å²) in [7, 11) is 1.61. The summed E-state index contributed by atoms with van der Waals surface area (Å²) in [6.45, 7) is 5.89. The zero-order valence-electron chi connectivity index (χ0n) is 15.6. The molecular weight excluding hydrogens is 362 g/mol. The third-order valence-electron chi connectivity index (χ3n) is 4.18. The van der Waals surface area contributed by atoms with Gasteiger partial charge < -0.3 is 10.1 Å². The van der Waals surface area contributed by atoms with E-state index >= 15 is 0 Å². The molecular formula is C19H21N5O2S. The molecule has 1 aromatic heterocycles. The van der Waals surface area contributed by atoms with E-state index in [0.29, 0.717) is 5.16 Å². The van der Waals surface area contributed by atoms with Crippen LogP contribution in [0.5, 0.6) is 5.75 Å². The maximum atomic E-state index is 12.5. The lowest BCUT2D eigenvalue weighted by Crippen LogP contribution is -2.23. The summed E-state index contributed by atoms with van der Waals surface area (Å²) < 4.78 is 6.77. The van der Waals surface area contributed by atoms with E-state index in [1.807, 2.05) is 63.2 Å². The molecule has 1 amide bonds. The molecule has 1 N–H and O–H groups in total. The second kappa shape index (κ2) is 8.22. The molecule has 140 valence electrons. The Morgan fingerprint density at radius 2 is 1.89 bits per heavy atom. The maximum Gasteiger partial charge on any atom is 0.237 e. The van der Waals surface area contributed by atoms with Crippen molar-refractivity contribution in [3.63, 3.8) is 0 Å². The lowest BCUT2D eigenvalue weighted by molar-refractivity contribution is -0.115. The van der Waals surface area contributed by atoms with Crippen LogP contribution in [0.1, 0.15) is 18.1 Å². The third-order valence-corrected chi connectivity index (χ3v) is 5.22. The minimum Gasteiger partial charge on any atom is -0.497 e. The Balaban J connectivity index is 1.70. The first-order valence-electron chi connectivity index (χ1n) is 8.45. The van der Waals surface area contributed by atoms with Crippen LogP contribution in [0, 0.1) is 13.8 Å². The third kappa shape index (κ3) is 4.46. The average Bonchev–Trinajstić information content (AvgIpc) is 3.12. The smallest absolute Gasteiger partial charge is 0.237 e. The summed E-state index contributed by atoms with van der Waals surface area (Å²) in [5.74, 6) is 0.648. The van der Waals surface area contributed by atoms with Crippen LogP contribution >= 0.6 is 11.8 Å². The number of hydrogen-bond acceptors (Lipinski definition) is 6. The minimum absolute atomic E-state index is 0.104. The first-order valence-corrected chi connectivity index (χ1v) is 9.33. The zero-order chi connectivity index (χ0) is 19.4. The molecule has 3 rings (SSSR count). The number of methoxy groups -OCH3 is 1. The van der Waals surface area contributed by atoms with Gasteiger partial charge >= 0.3 is 0 Å². The number of nitrogens with one attached hydrogen (secondary N) is 1. The van der Waals surface area contributed by atoms with Crippen molar-refractivity contribution in [1.29, 1.82) is 0 Å². The van der Waals surface area contributed by atoms with Crippen molar-refractivity contribution in [2.45, 2.75) is 31.2 Å². The minimum atomic E-state index is -0.366. The fraction of sp³-hybridized carbons (Fsp3) is 0.263. The molecule has 0 aliphatic rings. The van der Waals surface area contributed by atoms with Crippen molar-refractivity contribution >= 4 is 23.4 Å². The molecule has 2 aromatic carbocycles. The largest absolute Gasteiger partial charge is 0.497 e. The van der Waals surface area contributed by atoms with E-state index in [1.54, 1.807) is 11.8 Å². The quantitative estimate of drug-likeness (QED) is 0.657. The standard InChI is InChI=1S/C19H21N5O2S/c1-12-5-6-15(11-13(12)2)20-18(25)14(3)27-19-21-22-23-24(19)16-7-9-17(26-4)10-8-16/h5-11,14H,1-4H3,(H,20,25). The Bertz CT molecular complexity index is 940. The Morgan fingerprint density at radius 1 is 1.15 bits per heavy atom. The SMILES string of the molecule is COc1ccc(-n2nnnc2SC(C)C(=O)Nc2ccc(C)c(C)c2)cc1. The number of amides is 1. The van der Waals surface area contributed by atoms with Gasteiger partial charge in [0.25, 0.3) is 0 Å². The number of anilines is 1. The lowest BCUT2D eigenvalue weighted by atomic mass is 10.1. The highest BCUT2D eigenvalue weighted by atomic mass is 32.2. The van der Waals surface area contributed by atoms with Crippen LogP contribution in [0.25, 0.3) is 5.69 Å². The number of thioether (sulfide) groups is 1. The number of nitrogens with zero attached hydrogens (tertiary/aromatic N) is 4. The van der Waals surface area contributed by atoms with Crippen LogP contribution in [0.3, 0.4) is 0 Å². The van der Waals surface area contributed by atoms with Gasteiger partial charge in [-0.25, -0.2) is 0 Å². The molecule has 0 spiro atoms. The van der Waals surface area contributed by atoms with Gasteiger partial charge in [-0.1, -0.05) is 17.8 Å². The number of aromatic nitrogens is 4.